The van der Waals surface area contributed by atoms with Gasteiger partial charge in [0.05, 0.1) is 13.2 Å². The van der Waals surface area contributed by atoms with E-state index < -0.39 is 0 Å². The number of carbonyl (C=O) groups is 1. The highest BCUT2D eigenvalue weighted by molar-refractivity contribution is 5.85. The van der Waals surface area contributed by atoms with Gasteiger partial charge in [-0.1, -0.05) is 18.9 Å². The highest BCUT2D eigenvalue weighted by Crippen LogP contribution is 2.26. The maximum absolute atomic E-state index is 13.6. The molecule has 1 N–H and O–H groups in total. The molecule has 5 nitrogen and oxygen atoms in total. The lowest BCUT2D eigenvalue weighted by molar-refractivity contribution is -0.149. The number of morpholine rings is 1. The number of ether oxygens (including phenoxy) is 2. The van der Waals surface area contributed by atoms with Gasteiger partial charge >= 0.3 is 0 Å². The largest absolute Gasteiger partial charge is 0.494 e. The SMILES string of the molecule is COc1cc([C@@H](C)NCC2CN(CC3CCCC3)C(=O)CO2)ccc1F.Cl. The molecule has 3 rings (SSSR count). The van der Waals surface area contributed by atoms with Gasteiger partial charge < -0.3 is 19.7 Å². The molecule has 27 heavy (non-hydrogen) atoms. The molecule has 2 fully saturated rings. The number of hydrogen-bond donors (Lipinski definition) is 1. The maximum Gasteiger partial charge on any atom is 0.248 e. The first kappa shape index (κ1) is 21.9. The van der Waals surface area contributed by atoms with Crippen molar-refractivity contribution in [1.29, 1.82) is 0 Å². The van der Waals surface area contributed by atoms with E-state index >= 15 is 0 Å². The van der Waals surface area contributed by atoms with Gasteiger partial charge in [-0.2, -0.15) is 0 Å². The Hall–Kier alpha value is -1.37. The second-order valence-corrected chi connectivity index (χ2v) is 7.41. The van der Waals surface area contributed by atoms with Gasteiger partial charge in [0.25, 0.3) is 0 Å². The standard InChI is InChI=1S/C20H29FN2O3.ClH/c1-14(16-7-8-18(21)19(9-16)25-2)22-10-17-12-23(20(24)13-26-17)11-15-5-3-4-6-15;/h7-9,14-15,17,22H,3-6,10-13H2,1-2H3;1H/t14-,17?;/m1./s1. The first-order valence-electron chi connectivity index (χ1n) is 9.53. The number of nitrogens with one attached hydrogen (secondary N) is 1. The van der Waals surface area contributed by atoms with Crippen molar-refractivity contribution in [3.8, 4) is 5.75 Å². The molecule has 1 aromatic carbocycles. The fourth-order valence-corrected chi connectivity index (χ4v) is 3.86. The number of amides is 1. The van der Waals surface area contributed by atoms with E-state index in [9.17, 15) is 9.18 Å². The van der Waals surface area contributed by atoms with Crippen LogP contribution in [0.1, 0.15) is 44.2 Å². The lowest BCUT2D eigenvalue weighted by Crippen LogP contribution is -2.51. The molecule has 1 amide bonds. The van der Waals surface area contributed by atoms with Crippen LogP contribution in [0.25, 0.3) is 0 Å². The number of methoxy groups -OCH3 is 1. The van der Waals surface area contributed by atoms with E-state index in [4.69, 9.17) is 9.47 Å². The molecule has 0 aromatic heterocycles. The van der Waals surface area contributed by atoms with Crippen LogP contribution < -0.4 is 10.1 Å². The van der Waals surface area contributed by atoms with Crippen LogP contribution >= 0.6 is 12.4 Å². The van der Waals surface area contributed by atoms with Gasteiger partial charge in [0, 0.05) is 25.7 Å². The predicted octanol–water partition coefficient (Wildman–Crippen LogP) is 3.32. The molecule has 7 heteroatoms. The predicted molar refractivity (Wildman–Crippen MR) is 105 cm³/mol. The zero-order valence-electron chi connectivity index (χ0n) is 16.1. The summed E-state index contributed by atoms with van der Waals surface area (Å²) in [5.74, 6) is 0.638. The van der Waals surface area contributed by atoms with Crippen molar-refractivity contribution >= 4 is 18.3 Å². The molecule has 2 aliphatic rings. The van der Waals surface area contributed by atoms with Gasteiger partial charge in [0.2, 0.25) is 5.91 Å². The van der Waals surface area contributed by atoms with Gasteiger partial charge in [-0.3, -0.25) is 4.79 Å². The fraction of sp³-hybridized carbons (Fsp3) is 0.650. The fourth-order valence-electron chi connectivity index (χ4n) is 3.86. The second-order valence-electron chi connectivity index (χ2n) is 7.41. The third-order valence-corrected chi connectivity index (χ3v) is 5.50. The van der Waals surface area contributed by atoms with E-state index in [1.807, 2.05) is 11.8 Å². The molecule has 0 radical (unpaired) electrons. The van der Waals surface area contributed by atoms with Crippen LogP contribution in [0.15, 0.2) is 18.2 Å². The average Bonchev–Trinajstić information content (AvgIpc) is 3.15. The Balaban J connectivity index is 0.00000261. The Kier molecular flexibility index (Phi) is 8.32. The summed E-state index contributed by atoms with van der Waals surface area (Å²) in [6, 6.07) is 4.93. The highest BCUT2D eigenvalue weighted by Gasteiger charge is 2.29. The Bertz CT molecular complexity index is 625. The summed E-state index contributed by atoms with van der Waals surface area (Å²) in [6.45, 7) is 4.34. The molecule has 1 heterocycles. The zero-order valence-corrected chi connectivity index (χ0v) is 16.9. The van der Waals surface area contributed by atoms with Crippen LogP contribution in [-0.4, -0.2) is 50.3 Å². The monoisotopic (exact) mass is 400 g/mol. The van der Waals surface area contributed by atoms with Crippen molar-refractivity contribution in [2.45, 2.75) is 44.8 Å². The van der Waals surface area contributed by atoms with E-state index in [0.717, 1.165) is 12.1 Å². The first-order chi connectivity index (χ1) is 12.6. The van der Waals surface area contributed by atoms with E-state index in [1.165, 1.54) is 38.9 Å². The molecule has 0 bridgehead atoms. The van der Waals surface area contributed by atoms with E-state index in [2.05, 4.69) is 5.32 Å². The minimum Gasteiger partial charge on any atom is -0.494 e. The third-order valence-electron chi connectivity index (χ3n) is 5.50. The van der Waals surface area contributed by atoms with E-state index in [0.29, 0.717) is 19.0 Å². The Morgan fingerprint density at radius 3 is 2.81 bits per heavy atom. The molecule has 152 valence electrons. The molecule has 1 aliphatic heterocycles. The minimum atomic E-state index is -0.361. The molecule has 2 atom stereocenters. The number of benzene rings is 1. The topological polar surface area (TPSA) is 50.8 Å². The third kappa shape index (κ3) is 5.80. The van der Waals surface area contributed by atoms with Gasteiger partial charge in [-0.15, -0.1) is 12.4 Å². The molecule has 0 spiro atoms. The molecular formula is C20H30ClFN2O3. The molecule has 1 saturated heterocycles. The number of carbonyl (C=O) groups excluding carboxylic acids is 1. The van der Waals surface area contributed by atoms with Gasteiger partial charge in [-0.25, -0.2) is 4.39 Å². The van der Waals surface area contributed by atoms with Crippen molar-refractivity contribution < 1.29 is 18.7 Å². The molecule has 1 saturated carbocycles. The Labute approximate surface area is 167 Å². The number of halogens is 2. The molecule has 1 aliphatic carbocycles. The van der Waals surface area contributed by atoms with Crippen LogP contribution in [-0.2, 0) is 9.53 Å². The Morgan fingerprint density at radius 1 is 1.37 bits per heavy atom. The molecular weight excluding hydrogens is 371 g/mol. The van der Waals surface area contributed by atoms with E-state index in [-0.39, 0.29) is 48.6 Å². The lowest BCUT2D eigenvalue weighted by Gasteiger charge is -2.35. The summed E-state index contributed by atoms with van der Waals surface area (Å²) in [5, 5.41) is 3.43. The van der Waals surface area contributed by atoms with E-state index in [1.54, 1.807) is 12.1 Å². The molecule has 1 unspecified atom stereocenters. The summed E-state index contributed by atoms with van der Waals surface area (Å²) in [4.78, 5) is 14.1. The second kappa shape index (κ2) is 10.2. The Morgan fingerprint density at radius 2 is 2.11 bits per heavy atom. The van der Waals surface area contributed by atoms with Crippen LogP contribution in [0.5, 0.6) is 5.75 Å². The summed E-state index contributed by atoms with van der Waals surface area (Å²) in [7, 11) is 1.46. The normalized spacial score (nSPS) is 21.8. The summed E-state index contributed by atoms with van der Waals surface area (Å²) < 4.78 is 24.3. The van der Waals surface area contributed by atoms with Gasteiger partial charge in [0.15, 0.2) is 11.6 Å². The first-order valence-corrected chi connectivity index (χ1v) is 9.53. The number of rotatable bonds is 7. The van der Waals surface area contributed by atoms with Crippen molar-refractivity contribution in [1.82, 2.24) is 10.2 Å². The summed E-state index contributed by atoms with van der Waals surface area (Å²) in [5.41, 5.74) is 0.956. The molecule has 1 aromatic rings. The number of nitrogens with zero attached hydrogens (tertiary/aromatic N) is 1. The number of hydrogen-bond acceptors (Lipinski definition) is 4. The van der Waals surface area contributed by atoms with Crippen molar-refractivity contribution in [3.05, 3.63) is 29.6 Å². The van der Waals surface area contributed by atoms with Gasteiger partial charge in [0.1, 0.15) is 6.61 Å². The van der Waals surface area contributed by atoms with Crippen LogP contribution in [0, 0.1) is 11.7 Å². The van der Waals surface area contributed by atoms with Crippen LogP contribution in [0.4, 0.5) is 4.39 Å². The highest BCUT2D eigenvalue weighted by atomic mass is 35.5. The lowest BCUT2D eigenvalue weighted by atomic mass is 10.1. The average molecular weight is 401 g/mol. The quantitative estimate of drug-likeness (QED) is 0.762. The smallest absolute Gasteiger partial charge is 0.248 e. The summed E-state index contributed by atoms with van der Waals surface area (Å²) >= 11 is 0. The van der Waals surface area contributed by atoms with Crippen molar-refractivity contribution in [2.75, 3.05) is 33.4 Å². The van der Waals surface area contributed by atoms with Crippen LogP contribution in [0.2, 0.25) is 0 Å². The maximum atomic E-state index is 13.6. The van der Waals surface area contributed by atoms with Crippen molar-refractivity contribution in [2.24, 2.45) is 5.92 Å². The van der Waals surface area contributed by atoms with Crippen LogP contribution in [0.3, 0.4) is 0 Å². The van der Waals surface area contributed by atoms with Gasteiger partial charge in [-0.05, 0) is 43.4 Å². The van der Waals surface area contributed by atoms with Crippen molar-refractivity contribution in [3.63, 3.8) is 0 Å². The summed E-state index contributed by atoms with van der Waals surface area (Å²) in [6.07, 6.45) is 5.02. The zero-order chi connectivity index (χ0) is 18.5. The minimum absolute atomic E-state index is 0.